The number of H-pyrrole nitrogens is 1. The number of aromatic amines is 1. The van der Waals surface area contributed by atoms with Crippen molar-refractivity contribution < 1.29 is 4.74 Å². The topological polar surface area (TPSA) is 76.8 Å². The van der Waals surface area contributed by atoms with Crippen LogP contribution in [-0.2, 0) is 12.0 Å². The molecule has 0 fully saturated rings. The molecule has 2 aromatic rings. The van der Waals surface area contributed by atoms with Crippen molar-refractivity contribution in [3.8, 4) is 5.75 Å². The summed E-state index contributed by atoms with van der Waals surface area (Å²) in [5, 5.41) is 7.05. The number of rotatable bonds is 3. The molecule has 18 heavy (non-hydrogen) atoms. The van der Waals surface area contributed by atoms with Crippen molar-refractivity contribution in [2.75, 3.05) is 5.73 Å². The molecule has 0 saturated carbocycles. The largest absolute Gasteiger partial charge is 0.483 e. The van der Waals surface area contributed by atoms with Gasteiger partial charge < -0.3 is 10.5 Å². The number of anilines is 1. The summed E-state index contributed by atoms with van der Waals surface area (Å²) in [7, 11) is 0. The number of aromatic nitrogens is 3. The van der Waals surface area contributed by atoms with Crippen molar-refractivity contribution in [1.82, 2.24) is 15.2 Å². The second-order valence-electron chi connectivity index (χ2n) is 5.18. The van der Waals surface area contributed by atoms with Crippen LogP contribution in [0.25, 0.3) is 0 Å². The molecule has 5 heteroatoms. The summed E-state index contributed by atoms with van der Waals surface area (Å²) in [4.78, 5) is 4.39. The Morgan fingerprint density at radius 1 is 1.28 bits per heavy atom. The third-order valence-corrected chi connectivity index (χ3v) is 2.49. The number of nitrogens with two attached hydrogens (primary N) is 1. The Morgan fingerprint density at radius 3 is 2.61 bits per heavy atom. The van der Waals surface area contributed by atoms with E-state index in [0.717, 1.165) is 5.82 Å². The van der Waals surface area contributed by atoms with Crippen LogP contribution in [0.1, 0.15) is 32.4 Å². The second-order valence-corrected chi connectivity index (χ2v) is 5.18. The van der Waals surface area contributed by atoms with E-state index in [9.17, 15) is 0 Å². The zero-order valence-corrected chi connectivity index (χ0v) is 10.9. The number of nitrogen functional groups attached to an aromatic ring is 1. The number of hydrogen-bond acceptors (Lipinski definition) is 4. The van der Waals surface area contributed by atoms with Gasteiger partial charge in [0.25, 0.3) is 0 Å². The molecule has 0 aliphatic carbocycles. The first-order valence-corrected chi connectivity index (χ1v) is 5.86. The number of hydrogen-bond donors (Lipinski definition) is 2. The Morgan fingerprint density at radius 2 is 2.00 bits per heavy atom. The van der Waals surface area contributed by atoms with Crippen LogP contribution in [0.4, 0.5) is 5.69 Å². The highest BCUT2D eigenvalue weighted by Crippen LogP contribution is 2.21. The average Bonchev–Trinajstić information content (AvgIpc) is 2.76. The Kier molecular flexibility index (Phi) is 3.23. The summed E-state index contributed by atoms with van der Waals surface area (Å²) in [5.41, 5.74) is 6.34. The molecule has 0 aliphatic heterocycles. The summed E-state index contributed by atoms with van der Waals surface area (Å²) in [6.07, 6.45) is 0. The maximum Gasteiger partial charge on any atom is 0.162 e. The molecule has 2 rings (SSSR count). The molecular formula is C13H18N4O. The predicted molar refractivity (Wildman–Crippen MR) is 70.3 cm³/mol. The van der Waals surface area contributed by atoms with Gasteiger partial charge in [0, 0.05) is 5.41 Å². The SMILES string of the molecule is CC(C)(C)c1n[nH]c(COc2ccccc2N)n1. The van der Waals surface area contributed by atoms with Gasteiger partial charge in [0.05, 0.1) is 5.69 Å². The lowest BCUT2D eigenvalue weighted by Gasteiger charge is -2.12. The molecule has 0 radical (unpaired) electrons. The number of nitrogens with zero attached hydrogens (tertiary/aromatic N) is 2. The van der Waals surface area contributed by atoms with Crippen LogP contribution in [0.3, 0.4) is 0 Å². The van der Waals surface area contributed by atoms with Crippen LogP contribution >= 0.6 is 0 Å². The maximum absolute atomic E-state index is 5.79. The van der Waals surface area contributed by atoms with E-state index in [1.807, 2.05) is 18.2 Å². The molecule has 96 valence electrons. The first kappa shape index (κ1) is 12.4. The van der Waals surface area contributed by atoms with Crippen molar-refractivity contribution in [3.05, 3.63) is 35.9 Å². The minimum atomic E-state index is -0.0689. The molecule has 1 aromatic carbocycles. The highest BCUT2D eigenvalue weighted by Gasteiger charge is 2.19. The average molecular weight is 246 g/mol. The van der Waals surface area contributed by atoms with Gasteiger partial charge in [-0.3, -0.25) is 5.10 Å². The van der Waals surface area contributed by atoms with Crippen molar-refractivity contribution in [2.45, 2.75) is 32.8 Å². The normalized spacial score (nSPS) is 11.5. The van der Waals surface area contributed by atoms with E-state index in [2.05, 4.69) is 36.0 Å². The van der Waals surface area contributed by atoms with Gasteiger partial charge in [-0.25, -0.2) is 4.98 Å². The first-order chi connectivity index (χ1) is 8.47. The molecule has 5 nitrogen and oxygen atoms in total. The van der Waals surface area contributed by atoms with Gasteiger partial charge >= 0.3 is 0 Å². The molecule has 0 bridgehead atoms. The summed E-state index contributed by atoms with van der Waals surface area (Å²) in [5.74, 6) is 2.14. The summed E-state index contributed by atoms with van der Waals surface area (Å²) >= 11 is 0. The van der Waals surface area contributed by atoms with Crippen molar-refractivity contribution in [3.63, 3.8) is 0 Å². The standard InChI is InChI=1S/C13H18N4O/c1-13(2,3)12-15-11(16-17-12)8-18-10-7-5-4-6-9(10)14/h4-7H,8,14H2,1-3H3,(H,15,16,17). The van der Waals surface area contributed by atoms with Gasteiger partial charge in [-0.05, 0) is 12.1 Å². The molecule has 0 atom stereocenters. The second kappa shape index (κ2) is 4.68. The first-order valence-electron chi connectivity index (χ1n) is 5.86. The van der Waals surface area contributed by atoms with Crippen LogP contribution < -0.4 is 10.5 Å². The Bertz CT molecular complexity index is 528. The van der Waals surface area contributed by atoms with Crippen molar-refractivity contribution >= 4 is 5.69 Å². The lowest BCUT2D eigenvalue weighted by atomic mass is 9.96. The fourth-order valence-corrected chi connectivity index (χ4v) is 1.45. The highest BCUT2D eigenvalue weighted by molar-refractivity contribution is 5.51. The summed E-state index contributed by atoms with van der Waals surface area (Å²) < 4.78 is 5.59. The molecule has 1 aromatic heterocycles. The monoisotopic (exact) mass is 246 g/mol. The van der Waals surface area contributed by atoms with Crippen molar-refractivity contribution in [2.24, 2.45) is 0 Å². The predicted octanol–water partition coefficient (Wildman–Crippen LogP) is 2.26. The number of para-hydroxylation sites is 2. The van der Waals surface area contributed by atoms with Crippen LogP contribution in [0, 0.1) is 0 Å². The van der Waals surface area contributed by atoms with E-state index in [1.54, 1.807) is 6.07 Å². The fourth-order valence-electron chi connectivity index (χ4n) is 1.45. The molecule has 0 unspecified atom stereocenters. The molecule has 0 saturated heterocycles. The Hall–Kier alpha value is -2.04. The lowest BCUT2D eigenvalue weighted by molar-refractivity contribution is 0.298. The van der Waals surface area contributed by atoms with E-state index in [1.165, 1.54) is 0 Å². The lowest BCUT2D eigenvalue weighted by Crippen LogP contribution is -2.13. The van der Waals surface area contributed by atoms with Gasteiger partial charge in [0.2, 0.25) is 0 Å². The summed E-state index contributed by atoms with van der Waals surface area (Å²) in [6.45, 7) is 6.53. The number of ether oxygens (including phenoxy) is 1. The smallest absolute Gasteiger partial charge is 0.162 e. The number of nitrogens with one attached hydrogen (secondary N) is 1. The highest BCUT2D eigenvalue weighted by atomic mass is 16.5. The molecule has 0 spiro atoms. The molecule has 0 amide bonds. The van der Waals surface area contributed by atoms with Crippen LogP contribution in [-0.4, -0.2) is 15.2 Å². The van der Waals surface area contributed by atoms with Crippen LogP contribution in [0.5, 0.6) is 5.75 Å². The van der Waals surface area contributed by atoms with Crippen molar-refractivity contribution in [1.29, 1.82) is 0 Å². The molecule has 1 heterocycles. The van der Waals surface area contributed by atoms with Crippen LogP contribution in [0.2, 0.25) is 0 Å². The third kappa shape index (κ3) is 2.80. The van der Waals surface area contributed by atoms with E-state index >= 15 is 0 Å². The van der Waals surface area contributed by atoms with E-state index < -0.39 is 0 Å². The zero-order valence-electron chi connectivity index (χ0n) is 10.9. The molecule has 3 N–H and O–H groups in total. The zero-order chi connectivity index (χ0) is 13.2. The van der Waals surface area contributed by atoms with E-state index in [0.29, 0.717) is 23.9 Å². The van der Waals surface area contributed by atoms with E-state index in [-0.39, 0.29) is 5.41 Å². The molecular weight excluding hydrogens is 228 g/mol. The minimum absolute atomic E-state index is 0.0689. The fraction of sp³-hybridized carbons (Fsp3) is 0.385. The third-order valence-electron chi connectivity index (χ3n) is 2.49. The van der Waals surface area contributed by atoms with Gasteiger partial charge in [-0.2, -0.15) is 5.10 Å². The van der Waals surface area contributed by atoms with Gasteiger partial charge in [0.1, 0.15) is 12.4 Å². The van der Waals surface area contributed by atoms with Crippen LogP contribution in [0.15, 0.2) is 24.3 Å². The molecule has 0 aliphatic rings. The quantitative estimate of drug-likeness (QED) is 0.814. The van der Waals surface area contributed by atoms with Gasteiger partial charge in [-0.1, -0.05) is 32.9 Å². The Labute approximate surface area is 106 Å². The van der Waals surface area contributed by atoms with Gasteiger partial charge in [-0.15, -0.1) is 0 Å². The van der Waals surface area contributed by atoms with Gasteiger partial charge in [0.15, 0.2) is 11.6 Å². The Balaban J connectivity index is 2.03. The maximum atomic E-state index is 5.79. The minimum Gasteiger partial charge on any atom is -0.483 e. The van der Waals surface area contributed by atoms with E-state index in [4.69, 9.17) is 10.5 Å². The number of benzene rings is 1. The summed E-state index contributed by atoms with van der Waals surface area (Å²) in [6, 6.07) is 7.38.